The molecular weight excluding hydrogens is 328 g/mol. The Labute approximate surface area is 153 Å². The summed E-state index contributed by atoms with van der Waals surface area (Å²) in [6.07, 6.45) is 12.2. The van der Waals surface area contributed by atoms with Crippen LogP contribution in [-0.2, 0) is 0 Å². The van der Waals surface area contributed by atoms with Crippen LogP contribution in [0.5, 0.6) is 5.88 Å². The summed E-state index contributed by atoms with van der Waals surface area (Å²) in [5.41, 5.74) is 1.77. The monoisotopic (exact) mass is 352 g/mol. The molecule has 6 nitrogen and oxygen atoms in total. The Bertz CT molecular complexity index is 729. The predicted molar refractivity (Wildman–Crippen MR) is 99.1 cm³/mol. The maximum Gasteiger partial charge on any atom is 0.322 e. The molecule has 2 amide bonds. The topological polar surface area (TPSA) is 67.3 Å². The summed E-state index contributed by atoms with van der Waals surface area (Å²) in [5, 5.41) is 2.95. The largest absolute Gasteiger partial charge is 0.474 e. The first kappa shape index (κ1) is 16.8. The lowest BCUT2D eigenvalue weighted by Crippen LogP contribution is -2.34. The van der Waals surface area contributed by atoms with Gasteiger partial charge in [0.1, 0.15) is 6.10 Å². The van der Waals surface area contributed by atoms with Crippen molar-refractivity contribution in [3.63, 3.8) is 0 Å². The third kappa shape index (κ3) is 3.79. The number of rotatable bonds is 4. The number of hydrogen-bond donors (Lipinski definition) is 1. The molecule has 6 heteroatoms. The molecule has 1 saturated carbocycles. The fraction of sp³-hybridized carbons (Fsp3) is 0.450. The Balaban J connectivity index is 1.38. The van der Waals surface area contributed by atoms with Crippen LogP contribution in [0.25, 0.3) is 0 Å². The standard InChI is InChI=1S/C20H24N4O2/c25-20(24-12-4-8-18(24)15-5-3-11-21-13-15)23-16-9-10-19(22-14-16)26-17-6-1-2-7-17/h3,5,9-11,13-14,17-18H,1-2,4,6-8,12H2,(H,23,25). The third-order valence-electron chi connectivity index (χ3n) is 5.16. The van der Waals surface area contributed by atoms with E-state index in [0.29, 0.717) is 11.6 Å². The third-order valence-corrected chi connectivity index (χ3v) is 5.16. The van der Waals surface area contributed by atoms with E-state index >= 15 is 0 Å². The summed E-state index contributed by atoms with van der Waals surface area (Å²) in [6.45, 7) is 0.752. The summed E-state index contributed by atoms with van der Waals surface area (Å²) in [4.78, 5) is 23.1. The van der Waals surface area contributed by atoms with Crippen LogP contribution in [-0.4, -0.2) is 33.5 Å². The number of pyridine rings is 2. The van der Waals surface area contributed by atoms with Crippen molar-refractivity contribution < 1.29 is 9.53 Å². The van der Waals surface area contributed by atoms with Crippen molar-refractivity contribution in [2.45, 2.75) is 50.7 Å². The van der Waals surface area contributed by atoms with E-state index in [-0.39, 0.29) is 18.2 Å². The molecule has 2 aromatic rings. The molecule has 26 heavy (non-hydrogen) atoms. The van der Waals surface area contributed by atoms with Crippen molar-refractivity contribution in [1.29, 1.82) is 0 Å². The van der Waals surface area contributed by atoms with Gasteiger partial charge >= 0.3 is 6.03 Å². The van der Waals surface area contributed by atoms with E-state index in [1.54, 1.807) is 12.4 Å². The van der Waals surface area contributed by atoms with E-state index in [2.05, 4.69) is 15.3 Å². The Hall–Kier alpha value is -2.63. The molecule has 1 aliphatic heterocycles. The minimum atomic E-state index is -0.0948. The summed E-state index contributed by atoms with van der Waals surface area (Å²) in [5.74, 6) is 0.629. The van der Waals surface area contributed by atoms with Gasteiger partial charge in [-0.25, -0.2) is 9.78 Å². The van der Waals surface area contributed by atoms with Crippen molar-refractivity contribution in [1.82, 2.24) is 14.9 Å². The number of aromatic nitrogens is 2. The molecule has 136 valence electrons. The van der Waals surface area contributed by atoms with Crippen LogP contribution in [0.15, 0.2) is 42.9 Å². The maximum atomic E-state index is 12.7. The summed E-state index contributed by atoms with van der Waals surface area (Å²) >= 11 is 0. The summed E-state index contributed by atoms with van der Waals surface area (Å²) < 4.78 is 5.87. The lowest BCUT2D eigenvalue weighted by atomic mass is 10.1. The average Bonchev–Trinajstić information content (AvgIpc) is 3.36. The molecule has 1 N–H and O–H groups in total. The molecule has 2 aliphatic rings. The van der Waals surface area contributed by atoms with Gasteiger partial charge in [0.25, 0.3) is 0 Å². The molecule has 0 radical (unpaired) electrons. The Morgan fingerprint density at radius 3 is 2.73 bits per heavy atom. The normalized spacial score (nSPS) is 20.3. The maximum absolute atomic E-state index is 12.7. The number of ether oxygens (including phenoxy) is 1. The second-order valence-electron chi connectivity index (χ2n) is 6.98. The van der Waals surface area contributed by atoms with Crippen LogP contribution < -0.4 is 10.1 Å². The summed E-state index contributed by atoms with van der Waals surface area (Å²) in [6, 6.07) is 7.61. The van der Waals surface area contributed by atoms with Crippen LogP contribution in [0, 0.1) is 0 Å². The molecule has 2 aromatic heterocycles. The number of anilines is 1. The highest BCUT2D eigenvalue weighted by Gasteiger charge is 2.30. The van der Waals surface area contributed by atoms with E-state index in [9.17, 15) is 4.79 Å². The van der Waals surface area contributed by atoms with Gasteiger partial charge in [-0.1, -0.05) is 6.07 Å². The molecule has 0 bridgehead atoms. The van der Waals surface area contributed by atoms with Gasteiger partial charge in [0, 0.05) is 25.0 Å². The second kappa shape index (κ2) is 7.72. The number of hydrogen-bond acceptors (Lipinski definition) is 4. The lowest BCUT2D eigenvalue weighted by Gasteiger charge is -2.25. The van der Waals surface area contributed by atoms with Gasteiger partial charge in [0.15, 0.2) is 0 Å². The molecule has 0 aromatic carbocycles. The quantitative estimate of drug-likeness (QED) is 0.897. The first-order valence-corrected chi connectivity index (χ1v) is 9.40. The van der Waals surface area contributed by atoms with Crippen LogP contribution in [0.2, 0.25) is 0 Å². The number of nitrogens with zero attached hydrogens (tertiary/aromatic N) is 3. The molecule has 0 spiro atoms. The molecule has 1 atom stereocenters. The van der Waals surface area contributed by atoms with Gasteiger partial charge in [0.05, 0.1) is 17.9 Å². The fourth-order valence-corrected chi connectivity index (χ4v) is 3.83. The fourth-order valence-electron chi connectivity index (χ4n) is 3.83. The average molecular weight is 352 g/mol. The minimum Gasteiger partial charge on any atom is -0.474 e. The first-order chi connectivity index (χ1) is 12.8. The van der Waals surface area contributed by atoms with Crippen LogP contribution in [0.1, 0.15) is 50.1 Å². The smallest absolute Gasteiger partial charge is 0.322 e. The number of amides is 2. The van der Waals surface area contributed by atoms with E-state index < -0.39 is 0 Å². The lowest BCUT2D eigenvalue weighted by molar-refractivity contribution is 0.201. The van der Waals surface area contributed by atoms with E-state index in [1.807, 2.05) is 35.4 Å². The molecule has 3 heterocycles. The van der Waals surface area contributed by atoms with Gasteiger partial charge in [-0.2, -0.15) is 0 Å². The van der Waals surface area contributed by atoms with E-state index in [0.717, 1.165) is 37.8 Å². The number of nitrogens with one attached hydrogen (secondary N) is 1. The number of likely N-dealkylation sites (tertiary alicyclic amines) is 1. The Morgan fingerprint density at radius 2 is 2.00 bits per heavy atom. The Kier molecular flexibility index (Phi) is 5.00. The van der Waals surface area contributed by atoms with Gasteiger partial charge in [-0.3, -0.25) is 4.98 Å². The predicted octanol–water partition coefficient (Wildman–Crippen LogP) is 4.17. The summed E-state index contributed by atoms with van der Waals surface area (Å²) in [7, 11) is 0. The molecular formula is C20H24N4O2. The van der Waals surface area contributed by atoms with Crippen molar-refractivity contribution >= 4 is 11.7 Å². The van der Waals surface area contributed by atoms with Crippen molar-refractivity contribution in [2.24, 2.45) is 0 Å². The molecule has 1 unspecified atom stereocenters. The van der Waals surface area contributed by atoms with Crippen LogP contribution >= 0.6 is 0 Å². The zero-order valence-corrected chi connectivity index (χ0v) is 14.8. The highest BCUT2D eigenvalue weighted by atomic mass is 16.5. The van der Waals surface area contributed by atoms with Gasteiger partial charge in [-0.05, 0) is 56.2 Å². The SMILES string of the molecule is O=C(Nc1ccc(OC2CCCC2)nc1)N1CCCC1c1cccnc1. The number of urea groups is 1. The van der Waals surface area contributed by atoms with E-state index in [1.165, 1.54) is 12.8 Å². The molecule has 4 rings (SSSR count). The van der Waals surface area contributed by atoms with Gasteiger partial charge < -0.3 is 15.0 Å². The minimum absolute atomic E-state index is 0.0848. The Morgan fingerprint density at radius 1 is 1.12 bits per heavy atom. The van der Waals surface area contributed by atoms with Crippen LogP contribution in [0.4, 0.5) is 10.5 Å². The number of carbonyl (C=O) groups excluding carboxylic acids is 1. The molecule has 1 aliphatic carbocycles. The first-order valence-electron chi connectivity index (χ1n) is 9.40. The van der Waals surface area contributed by atoms with Gasteiger partial charge in [-0.15, -0.1) is 0 Å². The molecule has 2 fully saturated rings. The highest BCUT2D eigenvalue weighted by molar-refractivity contribution is 5.89. The van der Waals surface area contributed by atoms with Crippen molar-refractivity contribution in [3.8, 4) is 5.88 Å². The second-order valence-corrected chi connectivity index (χ2v) is 6.98. The zero-order chi connectivity index (χ0) is 17.8. The zero-order valence-electron chi connectivity index (χ0n) is 14.8. The van der Waals surface area contributed by atoms with Gasteiger partial charge in [0.2, 0.25) is 5.88 Å². The van der Waals surface area contributed by atoms with Crippen LogP contribution in [0.3, 0.4) is 0 Å². The van der Waals surface area contributed by atoms with E-state index in [4.69, 9.17) is 4.74 Å². The van der Waals surface area contributed by atoms with Crippen molar-refractivity contribution in [2.75, 3.05) is 11.9 Å². The highest BCUT2D eigenvalue weighted by Crippen LogP contribution is 2.32. The van der Waals surface area contributed by atoms with Crippen molar-refractivity contribution in [3.05, 3.63) is 48.4 Å². The number of carbonyl (C=O) groups is 1. The molecule has 1 saturated heterocycles.